The summed E-state index contributed by atoms with van der Waals surface area (Å²) in [6.07, 6.45) is 14.1. The third-order valence-corrected chi connectivity index (χ3v) is 2.52. The van der Waals surface area contributed by atoms with Gasteiger partial charge in [0.25, 0.3) is 0 Å². The van der Waals surface area contributed by atoms with Crippen LogP contribution in [0.1, 0.15) is 44.9 Å². The third kappa shape index (κ3) is 11.0. The van der Waals surface area contributed by atoms with E-state index in [1.165, 1.54) is 13.2 Å². The van der Waals surface area contributed by atoms with Gasteiger partial charge in [0.1, 0.15) is 0 Å². The fourth-order valence-electron chi connectivity index (χ4n) is 1.52. The van der Waals surface area contributed by atoms with Gasteiger partial charge in [-0.25, -0.2) is 0 Å². The lowest BCUT2D eigenvalue weighted by molar-refractivity contribution is -0.140. The molecular weight excluding hydrogens is 216 g/mol. The number of rotatable bonds is 9. The predicted octanol–water partition coefficient (Wildman–Crippen LogP) is 2.44. The number of ether oxygens (including phenoxy) is 1. The number of unbranched alkanes of at least 4 members (excludes halogenated alkanes) is 4. The van der Waals surface area contributed by atoms with Crippen molar-refractivity contribution in [1.29, 1.82) is 0 Å². The summed E-state index contributed by atoms with van der Waals surface area (Å²) >= 11 is 0. The van der Waals surface area contributed by atoms with Crippen LogP contribution in [0.15, 0.2) is 12.2 Å². The predicted molar refractivity (Wildman–Crippen MR) is 68.3 cm³/mol. The number of carbonyl (C=O) groups is 1. The van der Waals surface area contributed by atoms with Crippen molar-refractivity contribution < 1.29 is 14.6 Å². The zero-order valence-corrected chi connectivity index (χ0v) is 10.5. The SMILES string of the molecule is C#CC=CC(O)CCCCCCCC(=O)OC. The maximum absolute atomic E-state index is 10.8. The molecule has 0 saturated heterocycles. The summed E-state index contributed by atoms with van der Waals surface area (Å²) in [6, 6.07) is 0. The normalized spacial score (nSPS) is 12.3. The van der Waals surface area contributed by atoms with Crippen molar-refractivity contribution >= 4 is 5.97 Å². The molecule has 0 aromatic heterocycles. The first-order valence-electron chi connectivity index (χ1n) is 6.08. The first kappa shape index (κ1) is 15.7. The first-order chi connectivity index (χ1) is 8.20. The Bertz CT molecular complexity index is 263. The number of carbonyl (C=O) groups excluding carboxylic acids is 1. The molecule has 0 aromatic carbocycles. The van der Waals surface area contributed by atoms with Gasteiger partial charge in [-0.15, -0.1) is 6.42 Å². The van der Waals surface area contributed by atoms with Crippen LogP contribution in [0.4, 0.5) is 0 Å². The van der Waals surface area contributed by atoms with E-state index >= 15 is 0 Å². The summed E-state index contributed by atoms with van der Waals surface area (Å²) in [6.45, 7) is 0. The Hall–Kier alpha value is -1.27. The van der Waals surface area contributed by atoms with E-state index < -0.39 is 6.10 Å². The fraction of sp³-hybridized carbons (Fsp3) is 0.643. The van der Waals surface area contributed by atoms with Crippen LogP contribution in [0, 0.1) is 12.3 Å². The summed E-state index contributed by atoms with van der Waals surface area (Å²) in [5, 5.41) is 9.44. The van der Waals surface area contributed by atoms with Gasteiger partial charge in [-0.05, 0) is 25.0 Å². The van der Waals surface area contributed by atoms with Crippen molar-refractivity contribution in [2.24, 2.45) is 0 Å². The van der Waals surface area contributed by atoms with Crippen molar-refractivity contribution in [3.05, 3.63) is 12.2 Å². The molecule has 1 unspecified atom stereocenters. The van der Waals surface area contributed by atoms with Gasteiger partial charge in [0.2, 0.25) is 0 Å². The molecule has 1 N–H and O–H groups in total. The molecule has 0 aliphatic rings. The Morgan fingerprint density at radius 3 is 2.65 bits per heavy atom. The Balaban J connectivity index is 3.27. The topological polar surface area (TPSA) is 46.5 Å². The molecule has 0 fully saturated rings. The molecule has 0 heterocycles. The number of hydrogen-bond acceptors (Lipinski definition) is 3. The van der Waals surface area contributed by atoms with Gasteiger partial charge in [0, 0.05) is 6.42 Å². The van der Waals surface area contributed by atoms with E-state index in [1.807, 2.05) is 0 Å². The monoisotopic (exact) mass is 238 g/mol. The second kappa shape index (κ2) is 11.2. The largest absolute Gasteiger partial charge is 0.469 e. The van der Waals surface area contributed by atoms with Crippen molar-refractivity contribution in [2.45, 2.75) is 51.0 Å². The highest BCUT2D eigenvalue weighted by atomic mass is 16.5. The molecule has 0 amide bonds. The van der Waals surface area contributed by atoms with Gasteiger partial charge in [-0.2, -0.15) is 0 Å². The average molecular weight is 238 g/mol. The van der Waals surface area contributed by atoms with E-state index in [9.17, 15) is 9.90 Å². The molecule has 0 aliphatic carbocycles. The number of aliphatic hydroxyl groups is 1. The summed E-state index contributed by atoms with van der Waals surface area (Å²) in [7, 11) is 1.41. The van der Waals surface area contributed by atoms with Crippen molar-refractivity contribution in [1.82, 2.24) is 0 Å². The summed E-state index contributed by atoms with van der Waals surface area (Å²) in [5.74, 6) is 2.21. The lowest BCUT2D eigenvalue weighted by Crippen LogP contribution is -2.01. The van der Waals surface area contributed by atoms with Crippen LogP contribution in [-0.2, 0) is 9.53 Å². The zero-order chi connectivity index (χ0) is 12.9. The van der Waals surface area contributed by atoms with Gasteiger partial charge in [-0.3, -0.25) is 4.79 Å². The Kier molecular flexibility index (Phi) is 10.4. The van der Waals surface area contributed by atoms with Crippen LogP contribution in [0.2, 0.25) is 0 Å². The molecule has 17 heavy (non-hydrogen) atoms. The molecule has 3 heteroatoms. The van der Waals surface area contributed by atoms with Crippen LogP contribution in [-0.4, -0.2) is 24.3 Å². The van der Waals surface area contributed by atoms with E-state index in [1.54, 1.807) is 6.08 Å². The average Bonchev–Trinajstić information content (AvgIpc) is 2.34. The minimum atomic E-state index is -0.430. The van der Waals surface area contributed by atoms with Crippen molar-refractivity contribution in [2.75, 3.05) is 7.11 Å². The molecule has 1 atom stereocenters. The number of terminal acetylenes is 1. The third-order valence-electron chi connectivity index (χ3n) is 2.52. The van der Waals surface area contributed by atoms with Crippen LogP contribution in [0.25, 0.3) is 0 Å². The minimum Gasteiger partial charge on any atom is -0.469 e. The lowest BCUT2D eigenvalue weighted by Gasteiger charge is -2.04. The molecule has 0 radical (unpaired) electrons. The number of aliphatic hydroxyl groups excluding tert-OH is 1. The summed E-state index contributed by atoms with van der Waals surface area (Å²) < 4.78 is 4.55. The molecule has 0 bridgehead atoms. The van der Waals surface area contributed by atoms with E-state index in [0.29, 0.717) is 6.42 Å². The van der Waals surface area contributed by atoms with E-state index in [-0.39, 0.29) is 5.97 Å². The molecule has 0 spiro atoms. The molecule has 0 saturated carbocycles. The van der Waals surface area contributed by atoms with Crippen LogP contribution >= 0.6 is 0 Å². The van der Waals surface area contributed by atoms with E-state index in [4.69, 9.17) is 6.42 Å². The number of esters is 1. The molecule has 0 rings (SSSR count). The van der Waals surface area contributed by atoms with Gasteiger partial charge >= 0.3 is 5.97 Å². The van der Waals surface area contributed by atoms with Crippen molar-refractivity contribution in [3.63, 3.8) is 0 Å². The quantitative estimate of drug-likeness (QED) is 0.381. The maximum atomic E-state index is 10.8. The smallest absolute Gasteiger partial charge is 0.305 e. The molecule has 3 nitrogen and oxygen atoms in total. The highest BCUT2D eigenvalue weighted by molar-refractivity contribution is 5.68. The first-order valence-corrected chi connectivity index (χ1v) is 6.08. The zero-order valence-electron chi connectivity index (χ0n) is 10.5. The standard InChI is InChI=1S/C14H22O3/c1-3-4-10-13(15)11-8-6-5-7-9-12-14(16)17-2/h1,4,10,13,15H,5-9,11-12H2,2H3. The second-order valence-corrected chi connectivity index (χ2v) is 3.98. The van der Waals surface area contributed by atoms with E-state index in [0.717, 1.165) is 38.5 Å². The summed E-state index contributed by atoms with van der Waals surface area (Å²) in [4.78, 5) is 10.8. The number of allylic oxidation sites excluding steroid dienone is 1. The van der Waals surface area contributed by atoms with Crippen LogP contribution < -0.4 is 0 Å². The van der Waals surface area contributed by atoms with Crippen LogP contribution in [0.3, 0.4) is 0 Å². The Morgan fingerprint density at radius 2 is 2.00 bits per heavy atom. The summed E-state index contributed by atoms with van der Waals surface area (Å²) in [5.41, 5.74) is 0. The lowest BCUT2D eigenvalue weighted by atomic mass is 10.1. The molecule has 0 aromatic rings. The highest BCUT2D eigenvalue weighted by Gasteiger charge is 2.00. The van der Waals surface area contributed by atoms with Crippen LogP contribution in [0.5, 0.6) is 0 Å². The van der Waals surface area contributed by atoms with Gasteiger partial charge in [0.05, 0.1) is 13.2 Å². The molecular formula is C14H22O3. The fourth-order valence-corrected chi connectivity index (χ4v) is 1.52. The number of methoxy groups -OCH3 is 1. The van der Waals surface area contributed by atoms with Gasteiger partial charge in [0.15, 0.2) is 0 Å². The highest BCUT2D eigenvalue weighted by Crippen LogP contribution is 2.09. The van der Waals surface area contributed by atoms with Gasteiger partial charge < -0.3 is 9.84 Å². The van der Waals surface area contributed by atoms with E-state index in [2.05, 4.69) is 10.7 Å². The minimum absolute atomic E-state index is 0.139. The molecule has 0 aliphatic heterocycles. The molecule has 96 valence electrons. The Morgan fingerprint density at radius 1 is 1.35 bits per heavy atom. The Labute approximate surface area is 104 Å². The van der Waals surface area contributed by atoms with Crippen molar-refractivity contribution in [3.8, 4) is 12.3 Å². The number of hydrogen-bond donors (Lipinski definition) is 1. The maximum Gasteiger partial charge on any atom is 0.305 e. The second-order valence-electron chi connectivity index (χ2n) is 3.98. The van der Waals surface area contributed by atoms with Gasteiger partial charge in [-0.1, -0.05) is 31.6 Å².